The van der Waals surface area contributed by atoms with E-state index in [2.05, 4.69) is 11.4 Å². The second-order valence-corrected chi connectivity index (χ2v) is 7.47. The molecule has 0 aliphatic heterocycles. The van der Waals surface area contributed by atoms with Gasteiger partial charge in [0.2, 0.25) is 0 Å². The first-order valence-electron chi connectivity index (χ1n) is 10.0. The number of amides is 1. The number of ether oxygens (including phenoxy) is 2. The lowest BCUT2D eigenvalue weighted by molar-refractivity contribution is 0.102. The summed E-state index contributed by atoms with van der Waals surface area (Å²) in [7, 11) is 3.19. The molecular weight excluding hydrogens is 388 g/mol. The van der Waals surface area contributed by atoms with Crippen molar-refractivity contribution >= 4 is 22.5 Å². The molecule has 4 rings (SSSR count). The molecule has 0 aliphatic rings. The summed E-state index contributed by atoms with van der Waals surface area (Å²) in [5.41, 5.74) is 5.81. The maximum absolute atomic E-state index is 13.3. The molecule has 0 radical (unpaired) electrons. The number of pyridine rings is 1. The molecule has 31 heavy (non-hydrogen) atoms. The van der Waals surface area contributed by atoms with Crippen LogP contribution in [0.25, 0.3) is 22.2 Å². The molecule has 1 heterocycles. The minimum Gasteiger partial charge on any atom is -0.493 e. The highest BCUT2D eigenvalue weighted by Crippen LogP contribution is 2.33. The van der Waals surface area contributed by atoms with Gasteiger partial charge in [-0.05, 0) is 67.4 Å². The largest absolute Gasteiger partial charge is 0.493 e. The fraction of sp³-hybridized carbons (Fsp3) is 0.154. The Morgan fingerprint density at radius 1 is 0.839 bits per heavy atom. The fourth-order valence-corrected chi connectivity index (χ4v) is 3.75. The van der Waals surface area contributed by atoms with Crippen LogP contribution in [0, 0.1) is 13.8 Å². The first-order valence-corrected chi connectivity index (χ1v) is 10.0. The molecule has 1 aromatic heterocycles. The summed E-state index contributed by atoms with van der Waals surface area (Å²) in [5.74, 6) is 1.07. The van der Waals surface area contributed by atoms with Gasteiger partial charge in [0, 0.05) is 16.6 Å². The van der Waals surface area contributed by atoms with Crippen molar-refractivity contribution < 1.29 is 14.3 Å². The molecule has 0 aliphatic carbocycles. The van der Waals surface area contributed by atoms with E-state index in [4.69, 9.17) is 14.5 Å². The van der Waals surface area contributed by atoms with Gasteiger partial charge in [-0.1, -0.05) is 24.3 Å². The highest BCUT2D eigenvalue weighted by atomic mass is 16.5. The third kappa shape index (κ3) is 4.21. The van der Waals surface area contributed by atoms with Crippen LogP contribution in [0.2, 0.25) is 0 Å². The molecule has 5 nitrogen and oxygen atoms in total. The van der Waals surface area contributed by atoms with E-state index in [0.717, 1.165) is 33.3 Å². The number of benzene rings is 3. The molecule has 4 aromatic rings. The topological polar surface area (TPSA) is 60.5 Å². The summed E-state index contributed by atoms with van der Waals surface area (Å²) in [6.07, 6.45) is 0. The van der Waals surface area contributed by atoms with Gasteiger partial charge in [0.25, 0.3) is 5.91 Å². The second kappa shape index (κ2) is 8.48. The van der Waals surface area contributed by atoms with E-state index >= 15 is 0 Å². The van der Waals surface area contributed by atoms with Crippen molar-refractivity contribution in [3.8, 4) is 22.8 Å². The average molecular weight is 412 g/mol. The molecule has 0 saturated carbocycles. The number of para-hydroxylation sites is 1. The zero-order valence-corrected chi connectivity index (χ0v) is 18.0. The molecule has 0 saturated heterocycles. The van der Waals surface area contributed by atoms with Gasteiger partial charge in [-0.15, -0.1) is 0 Å². The van der Waals surface area contributed by atoms with Crippen LogP contribution in [0.1, 0.15) is 21.5 Å². The Labute approximate surface area is 181 Å². The normalized spacial score (nSPS) is 10.7. The minimum absolute atomic E-state index is 0.176. The van der Waals surface area contributed by atoms with Gasteiger partial charge in [-0.3, -0.25) is 4.79 Å². The predicted octanol–water partition coefficient (Wildman–Crippen LogP) is 5.79. The lowest BCUT2D eigenvalue weighted by atomic mass is 10.0. The van der Waals surface area contributed by atoms with Crippen molar-refractivity contribution in [3.63, 3.8) is 0 Å². The van der Waals surface area contributed by atoms with E-state index in [9.17, 15) is 4.79 Å². The standard InChI is InChI=1S/C26H24N2O3/c1-16-11-17(2)13-19(12-16)27-26(29)21-15-23(28-22-8-6-5-7-20(21)22)18-9-10-24(30-3)25(14-18)31-4/h5-15H,1-4H3,(H,27,29). The van der Waals surface area contributed by atoms with Gasteiger partial charge in [0.15, 0.2) is 11.5 Å². The molecule has 0 unspecified atom stereocenters. The number of methoxy groups -OCH3 is 2. The van der Waals surface area contributed by atoms with Crippen LogP contribution in [0.5, 0.6) is 11.5 Å². The van der Waals surface area contributed by atoms with Crippen LogP contribution >= 0.6 is 0 Å². The van der Waals surface area contributed by atoms with Crippen molar-refractivity contribution in [2.75, 3.05) is 19.5 Å². The number of anilines is 1. The van der Waals surface area contributed by atoms with Crippen molar-refractivity contribution in [2.45, 2.75) is 13.8 Å². The van der Waals surface area contributed by atoms with Crippen molar-refractivity contribution in [1.29, 1.82) is 0 Å². The fourth-order valence-electron chi connectivity index (χ4n) is 3.75. The molecule has 1 amide bonds. The van der Waals surface area contributed by atoms with Crippen LogP contribution < -0.4 is 14.8 Å². The highest BCUT2D eigenvalue weighted by molar-refractivity contribution is 6.13. The molecule has 1 N–H and O–H groups in total. The third-order valence-electron chi connectivity index (χ3n) is 5.12. The SMILES string of the molecule is COc1ccc(-c2cc(C(=O)Nc3cc(C)cc(C)c3)c3ccccc3n2)cc1OC. The Hall–Kier alpha value is -3.86. The van der Waals surface area contributed by atoms with Gasteiger partial charge in [0.1, 0.15) is 0 Å². The van der Waals surface area contributed by atoms with Crippen molar-refractivity contribution in [1.82, 2.24) is 4.98 Å². The number of aromatic nitrogens is 1. The third-order valence-corrected chi connectivity index (χ3v) is 5.12. The molecule has 0 spiro atoms. The number of aryl methyl sites for hydroxylation is 2. The van der Waals surface area contributed by atoms with Crippen LogP contribution in [0.4, 0.5) is 5.69 Å². The zero-order chi connectivity index (χ0) is 22.0. The number of hydrogen-bond acceptors (Lipinski definition) is 4. The highest BCUT2D eigenvalue weighted by Gasteiger charge is 2.16. The molecule has 0 bridgehead atoms. The lowest BCUT2D eigenvalue weighted by Crippen LogP contribution is -2.13. The summed E-state index contributed by atoms with van der Waals surface area (Å²) in [6.45, 7) is 4.03. The summed E-state index contributed by atoms with van der Waals surface area (Å²) >= 11 is 0. The summed E-state index contributed by atoms with van der Waals surface area (Å²) in [5, 5.41) is 3.84. The number of carbonyl (C=O) groups excluding carboxylic acids is 1. The minimum atomic E-state index is -0.176. The molecule has 0 fully saturated rings. The van der Waals surface area contributed by atoms with E-state index in [1.807, 2.05) is 74.5 Å². The number of hydrogen-bond donors (Lipinski definition) is 1. The average Bonchev–Trinajstić information content (AvgIpc) is 2.77. The molecular formula is C26H24N2O3. The molecule has 156 valence electrons. The summed E-state index contributed by atoms with van der Waals surface area (Å²) < 4.78 is 10.8. The van der Waals surface area contributed by atoms with Crippen molar-refractivity contribution in [3.05, 3.63) is 83.4 Å². The zero-order valence-electron chi connectivity index (χ0n) is 18.0. The number of nitrogens with one attached hydrogen (secondary N) is 1. The maximum atomic E-state index is 13.3. The van der Waals surface area contributed by atoms with Crippen LogP contribution in [-0.2, 0) is 0 Å². The smallest absolute Gasteiger partial charge is 0.256 e. The Morgan fingerprint density at radius 2 is 1.55 bits per heavy atom. The van der Waals surface area contributed by atoms with E-state index in [0.29, 0.717) is 22.8 Å². The van der Waals surface area contributed by atoms with Gasteiger partial charge < -0.3 is 14.8 Å². The Bertz CT molecular complexity index is 1260. The Balaban J connectivity index is 1.81. The maximum Gasteiger partial charge on any atom is 0.256 e. The summed E-state index contributed by atoms with van der Waals surface area (Å²) in [4.78, 5) is 18.1. The van der Waals surface area contributed by atoms with Gasteiger partial charge in [0.05, 0.1) is 31.0 Å². The Kier molecular flexibility index (Phi) is 5.58. The predicted molar refractivity (Wildman–Crippen MR) is 124 cm³/mol. The molecule has 5 heteroatoms. The number of rotatable bonds is 5. The second-order valence-electron chi connectivity index (χ2n) is 7.47. The number of nitrogens with zero attached hydrogens (tertiary/aromatic N) is 1. The van der Waals surface area contributed by atoms with E-state index < -0.39 is 0 Å². The molecule has 3 aromatic carbocycles. The first kappa shape index (κ1) is 20.4. The first-order chi connectivity index (χ1) is 15.0. The van der Waals surface area contributed by atoms with Crippen LogP contribution in [0.15, 0.2) is 66.7 Å². The lowest BCUT2D eigenvalue weighted by Gasteiger charge is -2.13. The van der Waals surface area contributed by atoms with Gasteiger partial charge in [-0.25, -0.2) is 4.98 Å². The summed E-state index contributed by atoms with van der Waals surface area (Å²) in [6, 6.07) is 21.1. The van der Waals surface area contributed by atoms with Gasteiger partial charge >= 0.3 is 0 Å². The number of carbonyl (C=O) groups is 1. The number of fused-ring (bicyclic) bond motifs is 1. The van der Waals surface area contributed by atoms with Gasteiger partial charge in [-0.2, -0.15) is 0 Å². The van der Waals surface area contributed by atoms with Crippen LogP contribution in [0.3, 0.4) is 0 Å². The van der Waals surface area contributed by atoms with E-state index in [-0.39, 0.29) is 5.91 Å². The molecule has 0 atom stereocenters. The monoisotopic (exact) mass is 412 g/mol. The van der Waals surface area contributed by atoms with E-state index in [1.165, 1.54) is 0 Å². The van der Waals surface area contributed by atoms with E-state index in [1.54, 1.807) is 14.2 Å². The van der Waals surface area contributed by atoms with Crippen molar-refractivity contribution in [2.24, 2.45) is 0 Å². The quantitative estimate of drug-likeness (QED) is 0.451. The van der Waals surface area contributed by atoms with Crippen LogP contribution in [-0.4, -0.2) is 25.1 Å². The Morgan fingerprint density at radius 3 is 2.26 bits per heavy atom.